The number of nitrogens with zero attached hydrogens (tertiary/aromatic N) is 1. The van der Waals surface area contributed by atoms with Gasteiger partial charge in [0.2, 0.25) is 0 Å². The molecule has 2 heterocycles. The van der Waals surface area contributed by atoms with Gasteiger partial charge in [0.25, 0.3) is 0 Å². The Morgan fingerprint density at radius 2 is 2.15 bits per heavy atom. The number of benzene rings is 1. The molecule has 100 valence electrons. The summed E-state index contributed by atoms with van der Waals surface area (Å²) in [6, 6.07) is 8.73. The Bertz CT molecular complexity index is 815. The molecule has 0 bridgehead atoms. The molecule has 3 rings (SSSR count). The first-order chi connectivity index (χ1) is 9.58. The number of H-pyrrole nitrogens is 1. The third kappa shape index (κ3) is 2.09. The Labute approximate surface area is 127 Å². The Morgan fingerprint density at radius 3 is 2.80 bits per heavy atom. The summed E-state index contributed by atoms with van der Waals surface area (Å²) >= 11 is 9.40. The quantitative estimate of drug-likeness (QED) is 0.772. The second kappa shape index (κ2) is 4.92. The summed E-state index contributed by atoms with van der Waals surface area (Å²) in [5, 5.41) is 12.5. The molecule has 0 saturated heterocycles. The predicted octanol–water partition coefficient (Wildman–Crippen LogP) is 3.01. The maximum absolute atomic E-state index is 11.3. The Balaban J connectivity index is 2.41. The first-order valence-electron chi connectivity index (χ1n) is 5.71. The van der Waals surface area contributed by atoms with Gasteiger partial charge < -0.3 is 14.9 Å². The average molecular weight is 351 g/mol. The Morgan fingerprint density at radius 1 is 1.35 bits per heavy atom. The Kier molecular flexibility index (Phi) is 3.23. The molecule has 6 heteroatoms. The summed E-state index contributed by atoms with van der Waals surface area (Å²) in [6.45, 7) is 0. The van der Waals surface area contributed by atoms with E-state index in [-0.39, 0.29) is 5.69 Å². The average Bonchev–Trinajstić information content (AvgIpc) is 2.79. The van der Waals surface area contributed by atoms with Gasteiger partial charge in [0, 0.05) is 27.1 Å². The number of halogens is 2. The highest BCUT2D eigenvalue weighted by molar-refractivity contribution is 9.10. The van der Waals surface area contributed by atoms with E-state index in [0.29, 0.717) is 31.7 Å². The van der Waals surface area contributed by atoms with Gasteiger partial charge in [0.15, 0.2) is 0 Å². The first kappa shape index (κ1) is 13.1. The first-order valence-corrected chi connectivity index (χ1v) is 6.88. The van der Waals surface area contributed by atoms with Crippen LogP contribution in [0.4, 0.5) is 0 Å². The standard InChI is InChI=1S/C14H8BrClN2O2/c15-8-6-11-7(5-9(8)16)12(13(18-11)14(19)20)10-3-1-2-4-17-10/h1-6,18H,(H,19,20)/p-1. The highest BCUT2D eigenvalue weighted by atomic mass is 79.9. The van der Waals surface area contributed by atoms with Crippen molar-refractivity contribution in [3.8, 4) is 11.3 Å². The molecule has 0 saturated carbocycles. The minimum absolute atomic E-state index is 0.00660. The molecule has 0 amide bonds. The number of nitrogens with one attached hydrogen (secondary N) is 1. The van der Waals surface area contributed by atoms with E-state index >= 15 is 0 Å². The molecule has 20 heavy (non-hydrogen) atoms. The molecule has 0 fully saturated rings. The summed E-state index contributed by atoms with van der Waals surface area (Å²) in [6.07, 6.45) is 1.60. The van der Waals surface area contributed by atoms with Crippen LogP contribution in [0.3, 0.4) is 0 Å². The number of aromatic amines is 1. The number of carboxylic acid groups (broad SMARTS) is 1. The molecule has 1 aromatic carbocycles. The minimum Gasteiger partial charge on any atom is -0.543 e. The molecule has 0 aliphatic rings. The molecule has 2 aromatic heterocycles. The van der Waals surface area contributed by atoms with E-state index in [2.05, 4.69) is 25.9 Å². The molecule has 0 spiro atoms. The van der Waals surface area contributed by atoms with Crippen LogP contribution in [0, 0.1) is 0 Å². The van der Waals surface area contributed by atoms with Gasteiger partial charge in [-0.1, -0.05) is 17.7 Å². The zero-order valence-corrected chi connectivity index (χ0v) is 12.3. The zero-order chi connectivity index (χ0) is 14.3. The van der Waals surface area contributed by atoms with Crippen LogP contribution in [0.25, 0.3) is 22.2 Å². The van der Waals surface area contributed by atoms with Crippen LogP contribution >= 0.6 is 27.5 Å². The van der Waals surface area contributed by atoms with E-state index in [1.54, 1.807) is 36.5 Å². The SMILES string of the molecule is O=C([O-])c1[nH]c2cc(Br)c(Cl)cc2c1-c1ccccn1. The number of carbonyl (C=O) groups is 1. The van der Waals surface area contributed by atoms with Crippen molar-refractivity contribution >= 4 is 44.4 Å². The summed E-state index contributed by atoms with van der Waals surface area (Å²) in [5.41, 5.74) is 1.68. The monoisotopic (exact) mass is 349 g/mol. The van der Waals surface area contributed by atoms with E-state index in [4.69, 9.17) is 11.6 Å². The summed E-state index contributed by atoms with van der Waals surface area (Å²) in [7, 11) is 0. The van der Waals surface area contributed by atoms with E-state index in [1.165, 1.54) is 0 Å². The fourth-order valence-corrected chi connectivity index (χ4v) is 2.63. The highest BCUT2D eigenvalue weighted by Crippen LogP contribution is 2.35. The number of rotatable bonds is 2. The zero-order valence-electron chi connectivity index (χ0n) is 9.98. The van der Waals surface area contributed by atoms with E-state index in [9.17, 15) is 9.90 Å². The summed E-state index contributed by atoms with van der Waals surface area (Å²) in [5.74, 6) is -1.28. The molecule has 0 radical (unpaired) electrons. The number of carboxylic acids is 1. The van der Waals surface area contributed by atoms with Crippen LogP contribution in [-0.4, -0.2) is 15.9 Å². The van der Waals surface area contributed by atoms with Crippen molar-refractivity contribution in [1.29, 1.82) is 0 Å². The van der Waals surface area contributed by atoms with Gasteiger partial charge in [0.1, 0.15) is 0 Å². The lowest BCUT2D eigenvalue weighted by Gasteiger charge is -2.05. The number of hydrogen-bond acceptors (Lipinski definition) is 3. The lowest BCUT2D eigenvalue weighted by Crippen LogP contribution is -2.23. The van der Waals surface area contributed by atoms with Crippen molar-refractivity contribution in [1.82, 2.24) is 9.97 Å². The third-order valence-corrected chi connectivity index (χ3v) is 4.16. The lowest BCUT2D eigenvalue weighted by atomic mass is 10.1. The van der Waals surface area contributed by atoms with Crippen LogP contribution < -0.4 is 5.11 Å². The normalized spacial score (nSPS) is 10.9. The van der Waals surface area contributed by atoms with Crippen LogP contribution in [0.2, 0.25) is 5.02 Å². The van der Waals surface area contributed by atoms with Crippen molar-refractivity contribution < 1.29 is 9.90 Å². The van der Waals surface area contributed by atoms with E-state index < -0.39 is 5.97 Å². The van der Waals surface area contributed by atoms with Crippen LogP contribution in [0.1, 0.15) is 10.5 Å². The third-order valence-electron chi connectivity index (χ3n) is 2.96. The second-order valence-electron chi connectivity index (χ2n) is 4.19. The van der Waals surface area contributed by atoms with Gasteiger partial charge in [-0.2, -0.15) is 0 Å². The fraction of sp³-hybridized carbons (Fsp3) is 0. The van der Waals surface area contributed by atoms with Crippen LogP contribution in [0.5, 0.6) is 0 Å². The van der Waals surface area contributed by atoms with Crippen molar-refractivity contribution in [3.63, 3.8) is 0 Å². The highest BCUT2D eigenvalue weighted by Gasteiger charge is 2.16. The molecule has 3 aromatic rings. The number of fused-ring (bicyclic) bond motifs is 1. The van der Waals surface area contributed by atoms with Crippen molar-refractivity contribution in [2.75, 3.05) is 0 Å². The van der Waals surface area contributed by atoms with E-state index in [0.717, 1.165) is 0 Å². The summed E-state index contributed by atoms with van der Waals surface area (Å²) < 4.78 is 0.686. The van der Waals surface area contributed by atoms with Gasteiger partial charge in [-0.25, -0.2) is 0 Å². The Hall–Kier alpha value is -1.85. The van der Waals surface area contributed by atoms with Crippen LogP contribution in [-0.2, 0) is 0 Å². The molecule has 0 unspecified atom stereocenters. The van der Waals surface area contributed by atoms with Gasteiger partial charge in [0.05, 0.1) is 22.4 Å². The molecule has 1 N–H and O–H groups in total. The van der Waals surface area contributed by atoms with Crippen molar-refractivity contribution in [2.45, 2.75) is 0 Å². The van der Waals surface area contributed by atoms with Crippen molar-refractivity contribution in [3.05, 3.63) is 51.7 Å². The van der Waals surface area contributed by atoms with Gasteiger partial charge >= 0.3 is 0 Å². The molecule has 0 aliphatic carbocycles. The lowest BCUT2D eigenvalue weighted by molar-refractivity contribution is -0.255. The van der Waals surface area contributed by atoms with Gasteiger partial charge in [-0.15, -0.1) is 0 Å². The number of aromatic nitrogens is 2. The number of aromatic carboxylic acids is 1. The van der Waals surface area contributed by atoms with Gasteiger partial charge in [-0.05, 0) is 40.2 Å². The predicted molar refractivity (Wildman–Crippen MR) is 78.6 cm³/mol. The van der Waals surface area contributed by atoms with Gasteiger partial charge in [-0.3, -0.25) is 4.98 Å². The maximum Gasteiger partial charge on any atom is 0.0885 e. The molecular formula is C14H7BrClN2O2-. The number of carbonyl (C=O) groups excluding carboxylic acids is 1. The number of hydrogen-bond donors (Lipinski definition) is 1. The molecular weight excluding hydrogens is 344 g/mol. The molecule has 4 nitrogen and oxygen atoms in total. The topological polar surface area (TPSA) is 68.8 Å². The fourth-order valence-electron chi connectivity index (χ4n) is 2.12. The number of pyridine rings is 1. The second-order valence-corrected chi connectivity index (χ2v) is 5.45. The van der Waals surface area contributed by atoms with Crippen LogP contribution in [0.15, 0.2) is 41.0 Å². The molecule has 0 aliphatic heterocycles. The smallest absolute Gasteiger partial charge is 0.0885 e. The minimum atomic E-state index is -1.28. The summed E-state index contributed by atoms with van der Waals surface area (Å²) in [4.78, 5) is 18.4. The van der Waals surface area contributed by atoms with Crippen molar-refractivity contribution in [2.24, 2.45) is 0 Å². The maximum atomic E-state index is 11.3. The largest absolute Gasteiger partial charge is 0.543 e. The molecule has 0 atom stereocenters. The van der Waals surface area contributed by atoms with E-state index in [1.807, 2.05) is 0 Å².